The van der Waals surface area contributed by atoms with Gasteiger partial charge in [-0.3, -0.25) is 4.72 Å². The molecule has 2 N–H and O–H groups in total. The van der Waals surface area contributed by atoms with E-state index < -0.39 is 10.0 Å². The fraction of sp³-hybridized carbons (Fsp3) is 0.571. The van der Waals surface area contributed by atoms with E-state index in [0.717, 1.165) is 41.4 Å². The van der Waals surface area contributed by atoms with Crippen LogP contribution in [0.2, 0.25) is 0 Å². The Labute approximate surface area is 129 Å². The Morgan fingerprint density at radius 3 is 2.50 bits per heavy atom. The Hall–Kier alpha value is -0.590. The number of piperidine rings is 1. The molecule has 1 aromatic rings. The van der Waals surface area contributed by atoms with E-state index in [4.69, 9.17) is 0 Å². The number of nitrogens with one attached hydrogen (secondary N) is 2. The van der Waals surface area contributed by atoms with Gasteiger partial charge >= 0.3 is 0 Å². The molecule has 1 fully saturated rings. The number of anilines is 1. The van der Waals surface area contributed by atoms with Gasteiger partial charge in [-0.2, -0.15) is 0 Å². The molecule has 1 aromatic carbocycles. The van der Waals surface area contributed by atoms with Crippen molar-refractivity contribution in [1.82, 2.24) is 5.32 Å². The van der Waals surface area contributed by atoms with Crippen LogP contribution in [0.3, 0.4) is 0 Å². The maximum Gasteiger partial charge on any atom is 0.234 e. The predicted octanol–water partition coefficient (Wildman–Crippen LogP) is 2.95. The molecule has 112 valence electrons. The molecule has 0 aromatic heterocycles. The highest BCUT2D eigenvalue weighted by Gasteiger charge is 2.21. The lowest BCUT2D eigenvalue weighted by molar-refractivity contribution is 0.424. The zero-order valence-corrected chi connectivity index (χ0v) is 14.3. The molecular weight excluding hydrogens is 340 g/mol. The number of sulfonamides is 1. The smallest absolute Gasteiger partial charge is 0.234 e. The summed E-state index contributed by atoms with van der Waals surface area (Å²) in [6.45, 7) is 4.83. The highest BCUT2D eigenvalue weighted by Crippen LogP contribution is 2.25. The Kier molecular flexibility index (Phi) is 5.09. The summed E-state index contributed by atoms with van der Waals surface area (Å²) in [6, 6.07) is 3.77. The number of aryl methyl sites for hydroxylation is 2. The first-order chi connectivity index (χ1) is 9.37. The second-order valence-electron chi connectivity index (χ2n) is 5.45. The molecule has 0 amide bonds. The lowest BCUT2D eigenvalue weighted by Crippen LogP contribution is -2.40. The van der Waals surface area contributed by atoms with Crippen LogP contribution in [-0.4, -0.2) is 26.8 Å². The molecule has 1 heterocycles. The van der Waals surface area contributed by atoms with Gasteiger partial charge in [0.15, 0.2) is 0 Å². The van der Waals surface area contributed by atoms with Crippen LogP contribution in [-0.2, 0) is 10.0 Å². The van der Waals surface area contributed by atoms with Gasteiger partial charge in [-0.25, -0.2) is 8.42 Å². The first kappa shape index (κ1) is 15.8. The molecule has 20 heavy (non-hydrogen) atoms. The van der Waals surface area contributed by atoms with Gasteiger partial charge in [0, 0.05) is 16.2 Å². The van der Waals surface area contributed by atoms with Crippen LogP contribution >= 0.6 is 15.9 Å². The van der Waals surface area contributed by atoms with Gasteiger partial charge in [0.1, 0.15) is 0 Å². The minimum Gasteiger partial charge on any atom is -0.313 e. The van der Waals surface area contributed by atoms with Crippen LogP contribution in [0.5, 0.6) is 0 Å². The fourth-order valence-electron chi connectivity index (χ4n) is 2.56. The zero-order valence-electron chi connectivity index (χ0n) is 11.9. The number of hydrogen-bond acceptors (Lipinski definition) is 3. The number of halogens is 1. The van der Waals surface area contributed by atoms with Crippen LogP contribution in [0.15, 0.2) is 16.6 Å². The molecule has 0 bridgehead atoms. The summed E-state index contributed by atoms with van der Waals surface area (Å²) in [5, 5.41) is 3.27. The number of rotatable bonds is 4. The minimum atomic E-state index is -3.31. The van der Waals surface area contributed by atoms with Gasteiger partial charge in [0.05, 0.1) is 5.75 Å². The molecule has 2 rings (SSSR count). The van der Waals surface area contributed by atoms with Crippen molar-refractivity contribution in [2.45, 2.75) is 39.2 Å². The van der Waals surface area contributed by atoms with Crippen molar-refractivity contribution < 1.29 is 8.42 Å². The third-order valence-electron chi connectivity index (χ3n) is 3.54. The van der Waals surface area contributed by atoms with Gasteiger partial charge in [0.25, 0.3) is 0 Å². The Morgan fingerprint density at radius 1 is 1.30 bits per heavy atom. The molecule has 1 atom stereocenters. The van der Waals surface area contributed by atoms with Gasteiger partial charge in [-0.1, -0.05) is 22.4 Å². The standard InChI is InChI=1S/C14H21BrN2O2S/c1-10-7-13(8-11(2)14(10)15)17-20(18,19)9-12-5-3-4-6-16-12/h7-8,12,16-17H,3-6,9H2,1-2H3. The molecule has 1 saturated heterocycles. The summed E-state index contributed by atoms with van der Waals surface area (Å²) < 4.78 is 28.1. The van der Waals surface area contributed by atoms with Gasteiger partial charge in [0.2, 0.25) is 10.0 Å². The average molecular weight is 361 g/mol. The fourth-order valence-corrected chi connectivity index (χ4v) is 4.16. The second kappa shape index (κ2) is 6.45. The normalized spacial score (nSPS) is 19.9. The molecular formula is C14H21BrN2O2S. The molecule has 6 heteroatoms. The van der Waals surface area contributed by atoms with E-state index >= 15 is 0 Å². The van der Waals surface area contributed by atoms with Crippen molar-refractivity contribution in [3.05, 3.63) is 27.7 Å². The summed E-state index contributed by atoms with van der Waals surface area (Å²) in [6.07, 6.45) is 3.16. The van der Waals surface area contributed by atoms with Crippen molar-refractivity contribution in [2.75, 3.05) is 17.0 Å². The quantitative estimate of drug-likeness (QED) is 0.867. The van der Waals surface area contributed by atoms with Crippen LogP contribution in [0.25, 0.3) is 0 Å². The molecule has 0 spiro atoms. The first-order valence-corrected chi connectivity index (χ1v) is 9.32. The summed E-state index contributed by atoms with van der Waals surface area (Å²) in [7, 11) is -3.31. The Balaban J connectivity index is 2.07. The zero-order chi connectivity index (χ0) is 14.8. The predicted molar refractivity (Wildman–Crippen MR) is 86.7 cm³/mol. The highest BCUT2D eigenvalue weighted by molar-refractivity contribution is 9.10. The van der Waals surface area contributed by atoms with E-state index in [2.05, 4.69) is 26.0 Å². The summed E-state index contributed by atoms with van der Waals surface area (Å²) in [4.78, 5) is 0. The van der Waals surface area contributed by atoms with Crippen LogP contribution in [0, 0.1) is 13.8 Å². The highest BCUT2D eigenvalue weighted by atomic mass is 79.9. The largest absolute Gasteiger partial charge is 0.313 e. The molecule has 0 saturated carbocycles. The maximum atomic E-state index is 12.2. The van der Waals surface area contributed by atoms with Gasteiger partial charge in [-0.05, 0) is 56.5 Å². The molecule has 4 nitrogen and oxygen atoms in total. The molecule has 0 aliphatic carbocycles. The monoisotopic (exact) mass is 360 g/mol. The van der Waals surface area contributed by atoms with E-state index in [9.17, 15) is 8.42 Å². The number of benzene rings is 1. The molecule has 1 aliphatic heterocycles. The SMILES string of the molecule is Cc1cc(NS(=O)(=O)CC2CCCCN2)cc(C)c1Br. The molecule has 1 unspecified atom stereocenters. The lowest BCUT2D eigenvalue weighted by Gasteiger charge is -2.23. The topological polar surface area (TPSA) is 58.2 Å². The van der Waals surface area contributed by atoms with Gasteiger partial charge < -0.3 is 5.32 Å². The lowest BCUT2D eigenvalue weighted by atomic mass is 10.1. The number of hydrogen-bond donors (Lipinski definition) is 2. The van der Waals surface area contributed by atoms with Crippen molar-refractivity contribution in [3.63, 3.8) is 0 Å². The average Bonchev–Trinajstić information content (AvgIpc) is 2.36. The maximum absolute atomic E-state index is 12.2. The Morgan fingerprint density at radius 2 is 1.95 bits per heavy atom. The molecule has 1 aliphatic rings. The first-order valence-electron chi connectivity index (χ1n) is 6.88. The summed E-state index contributed by atoms with van der Waals surface area (Å²) in [5.41, 5.74) is 2.69. The minimum absolute atomic E-state index is 0.0684. The van der Waals surface area contributed by atoms with Crippen molar-refractivity contribution in [3.8, 4) is 0 Å². The van der Waals surface area contributed by atoms with Crippen molar-refractivity contribution >= 4 is 31.6 Å². The van der Waals surface area contributed by atoms with Gasteiger partial charge in [-0.15, -0.1) is 0 Å². The van der Waals surface area contributed by atoms with E-state index in [-0.39, 0.29) is 11.8 Å². The van der Waals surface area contributed by atoms with Crippen LogP contribution in [0.4, 0.5) is 5.69 Å². The third-order valence-corrected chi connectivity index (χ3v) is 6.18. The Bertz CT molecular complexity index is 558. The molecule has 0 radical (unpaired) electrons. The summed E-state index contributed by atoms with van der Waals surface area (Å²) >= 11 is 3.49. The summed E-state index contributed by atoms with van der Waals surface area (Å²) in [5.74, 6) is 0.140. The van der Waals surface area contributed by atoms with Crippen LogP contribution in [0.1, 0.15) is 30.4 Å². The van der Waals surface area contributed by atoms with Crippen LogP contribution < -0.4 is 10.0 Å². The second-order valence-corrected chi connectivity index (χ2v) is 8.01. The third kappa shape index (κ3) is 4.20. The van der Waals surface area contributed by atoms with E-state index in [1.54, 1.807) is 0 Å². The van der Waals surface area contributed by atoms with Crippen molar-refractivity contribution in [1.29, 1.82) is 0 Å². The van der Waals surface area contributed by atoms with E-state index in [1.165, 1.54) is 0 Å². The van der Waals surface area contributed by atoms with Crippen molar-refractivity contribution in [2.24, 2.45) is 0 Å². The van der Waals surface area contributed by atoms with E-state index in [1.807, 2.05) is 26.0 Å². The van der Waals surface area contributed by atoms with E-state index in [0.29, 0.717) is 5.69 Å².